The first kappa shape index (κ1) is 14.9. The van der Waals surface area contributed by atoms with Gasteiger partial charge in [-0.25, -0.2) is 0 Å². The molecule has 112 valence electrons. The fraction of sp³-hybridized carbons (Fsp3) is 0.750. The number of hydrogen-bond donors (Lipinski definition) is 0. The Labute approximate surface area is 122 Å². The maximum atomic E-state index is 13.6. The minimum absolute atomic E-state index is 0.114. The van der Waals surface area contributed by atoms with Crippen molar-refractivity contribution in [3.63, 3.8) is 0 Å². The van der Waals surface area contributed by atoms with Crippen LogP contribution in [0.3, 0.4) is 0 Å². The van der Waals surface area contributed by atoms with Gasteiger partial charge >= 0.3 is 0 Å². The van der Waals surface area contributed by atoms with Gasteiger partial charge in [0.05, 0.1) is 0 Å². The van der Waals surface area contributed by atoms with Crippen molar-refractivity contribution in [2.75, 3.05) is 12.3 Å². The van der Waals surface area contributed by atoms with Crippen molar-refractivity contribution in [1.82, 2.24) is 0 Å². The van der Waals surface area contributed by atoms with Crippen molar-refractivity contribution in [2.45, 2.75) is 57.5 Å². The van der Waals surface area contributed by atoms with E-state index in [1.165, 1.54) is 11.1 Å². The van der Waals surface area contributed by atoms with Crippen LogP contribution in [0.25, 0.3) is 0 Å². The molecule has 0 amide bonds. The zero-order valence-corrected chi connectivity index (χ0v) is 14.8. The van der Waals surface area contributed by atoms with E-state index in [0.717, 1.165) is 25.2 Å². The van der Waals surface area contributed by atoms with Crippen LogP contribution >= 0.6 is 14.3 Å². The highest BCUT2D eigenvalue weighted by atomic mass is 31.2. The van der Waals surface area contributed by atoms with Crippen molar-refractivity contribution in [1.29, 1.82) is 0 Å². The summed E-state index contributed by atoms with van der Waals surface area (Å²) in [6.45, 7) is 8.49. The standard InChI is InChI=1S/C16H26O2P2/c1-5-7-19(17)10-12(4)14-15-11(3)9-13(16(14)19)20(15,18)8-6-2/h9-10,13-16H,5-8H2,1-4H3/t13-,14-,15+,16+,19?,20?/m0/s1. The van der Waals surface area contributed by atoms with Crippen LogP contribution in [0.4, 0.5) is 0 Å². The van der Waals surface area contributed by atoms with Gasteiger partial charge < -0.3 is 9.13 Å². The van der Waals surface area contributed by atoms with Crippen molar-refractivity contribution in [3.05, 3.63) is 23.0 Å². The third-order valence-electron chi connectivity index (χ3n) is 5.53. The highest BCUT2D eigenvalue weighted by Gasteiger charge is 2.66. The Hall–Kier alpha value is -0.0600. The second kappa shape index (κ2) is 4.72. The van der Waals surface area contributed by atoms with Crippen LogP contribution in [-0.2, 0) is 9.13 Å². The second-order valence-electron chi connectivity index (χ2n) is 6.89. The number of hydrogen-bond acceptors (Lipinski definition) is 2. The molecule has 3 heterocycles. The quantitative estimate of drug-likeness (QED) is 0.531. The van der Waals surface area contributed by atoms with Gasteiger partial charge in [-0.15, -0.1) is 0 Å². The minimum Gasteiger partial charge on any atom is -0.322 e. The van der Waals surface area contributed by atoms with Gasteiger partial charge in [-0.3, -0.25) is 0 Å². The van der Waals surface area contributed by atoms with E-state index in [2.05, 4.69) is 39.6 Å². The van der Waals surface area contributed by atoms with E-state index in [-0.39, 0.29) is 17.0 Å². The molecule has 1 saturated heterocycles. The maximum absolute atomic E-state index is 13.6. The summed E-state index contributed by atoms with van der Waals surface area (Å²) < 4.78 is 27.0. The molecule has 3 rings (SSSR count). The maximum Gasteiger partial charge on any atom is 0.113 e. The average molecular weight is 312 g/mol. The highest BCUT2D eigenvalue weighted by molar-refractivity contribution is 7.72. The lowest BCUT2D eigenvalue weighted by Gasteiger charge is -2.27. The lowest BCUT2D eigenvalue weighted by Crippen LogP contribution is -2.28. The Bertz CT molecular complexity index is 587. The molecule has 0 spiro atoms. The summed E-state index contributed by atoms with van der Waals surface area (Å²) in [4.78, 5) is 0. The van der Waals surface area contributed by atoms with Crippen molar-refractivity contribution in [2.24, 2.45) is 5.92 Å². The first-order valence-corrected chi connectivity index (χ1v) is 12.0. The predicted octanol–water partition coefficient (Wildman–Crippen LogP) is 5.15. The summed E-state index contributed by atoms with van der Waals surface area (Å²) in [5, 5.41) is 0. The van der Waals surface area contributed by atoms with Gasteiger partial charge in [-0.05, 0) is 32.5 Å². The molecule has 4 heteroatoms. The fourth-order valence-corrected chi connectivity index (χ4v) is 14.9. The summed E-state index contributed by atoms with van der Waals surface area (Å²) >= 11 is 0. The van der Waals surface area contributed by atoms with E-state index < -0.39 is 14.3 Å². The Morgan fingerprint density at radius 3 is 2.30 bits per heavy atom. The number of fused-ring (bicyclic) bond motifs is 5. The SMILES string of the molecule is CCCP1(=O)C=C(C)[C@@H]2[C@H]1[C@@H]1C=C(C)[C@H]2P1(=O)CCC. The Morgan fingerprint density at radius 1 is 1.05 bits per heavy atom. The number of rotatable bonds is 4. The normalized spacial score (nSPS) is 49.2. The Balaban J connectivity index is 2.09. The van der Waals surface area contributed by atoms with Gasteiger partial charge in [0.25, 0.3) is 0 Å². The van der Waals surface area contributed by atoms with Crippen LogP contribution < -0.4 is 0 Å². The van der Waals surface area contributed by atoms with Crippen molar-refractivity contribution < 1.29 is 9.13 Å². The van der Waals surface area contributed by atoms with E-state index in [0.29, 0.717) is 5.92 Å². The summed E-state index contributed by atoms with van der Waals surface area (Å²) in [7, 11) is -4.50. The molecule has 0 N–H and O–H groups in total. The molecule has 3 aliphatic rings. The van der Waals surface area contributed by atoms with Crippen molar-refractivity contribution >= 4 is 14.3 Å². The largest absolute Gasteiger partial charge is 0.322 e. The van der Waals surface area contributed by atoms with Crippen LogP contribution in [0.1, 0.15) is 40.5 Å². The van der Waals surface area contributed by atoms with E-state index in [1.54, 1.807) is 0 Å². The first-order chi connectivity index (χ1) is 9.39. The molecule has 6 atom stereocenters. The summed E-state index contributed by atoms with van der Waals surface area (Å²) in [6, 6.07) is 0. The molecule has 0 aromatic heterocycles. The first-order valence-electron chi connectivity index (χ1n) is 7.93. The molecule has 0 saturated carbocycles. The summed E-state index contributed by atoms with van der Waals surface area (Å²) in [6.07, 6.45) is 5.81. The molecule has 3 aliphatic heterocycles. The molecule has 2 unspecified atom stereocenters. The third kappa shape index (κ3) is 1.71. The predicted molar refractivity (Wildman–Crippen MR) is 87.9 cm³/mol. The fourth-order valence-electron chi connectivity index (χ4n) is 5.10. The van der Waals surface area contributed by atoms with Crippen LogP contribution in [-0.4, -0.2) is 29.3 Å². The molecule has 1 fully saturated rings. The summed E-state index contributed by atoms with van der Waals surface area (Å²) in [5.41, 5.74) is 3.08. The molecular formula is C16H26O2P2. The third-order valence-corrected chi connectivity index (χ3v) is 13.7. The Morgan fingerprint density at radius 2 is 1.70 bits per heavy atom. The minimum atomic E-state index is -2.28. The van der Waals surface area contributed by atoms with Crippen LogP contribution in [0.5, 0.6) is 0 Å². The molecule has 0 aromatic rings. The van der Waals surface area contributed by atoms with Gasteiger partial charge in [0, 0.05) is 35.2 Å². The molecular weight excluding hydrogens is 286 g/mol. The van der Waals surface area contributed by atoms with E-state index in [1.807, 2.05) is 0 Å². The van der Waals surface area contributed by atoms with Gasteiger partial charge in [0.15, 0.2) is 0 Å². The molecule has 2 nitrogen and oxygen atoms in total. The van der Waals surface area contributed by atoms with Crippen LogP contribution in [0.2, 0.25) is 0 Å². The van der Waals surface area contributed by atoms with Gasteiger partial charge in [-0.1, -0.05) is 31.1 Å². The molecule has 0 aromatic carbocycles. The Kier molecular flexibility index (Phi) is 3.51. The second-order valence-corrected chi connectivity index (χ2v) is 13.2. The van der Waals surface area contributed by atoms with E-state index in [9.17, 15) is 9.13 Å². The molecule has 20 heavy (non-hydrogen) atoms. The lowest BCUT2D eigenvalue weighted by molar-refractivity contribution is 0.545. The van der Waals surface area contributed by atoms with Crippen LogP contribution in [0.15, 0.2) is 23.0 Å². The molecule has 0 radical (unpaired) electrons. The zero-order valence-electron chi connectivity index (χ0n) is 13.0. The lowest BCUT2D eigenvalue weighted by atomic mass is 9.85. The van der Waals surface area contributed by atoms with Crippen molar-refractivity contribution in [3.8, 4) is 0 Å². The average Bonchev–Trinajstić information content (AvgIpc) is 2.84. The van der Waals surface area contributed by atoms with E-state index >= 15 is 0 Å². The van der Waals surface area contributed by atoms with E-state index in [4.69, 9.17) is 0 Å². The highest BCUT2D eigenvalue weighted by Crippen LogP contribution is 2.82. The van der Waals surface area contributed by atoms with Gasteiger partial charge in [0.1, 0.15) is 14.3 Å². The van der Waals surface area contributed by atoms with Gasteiger partial charge in [-0.2, -0.15) is 0 Å². The monoisotopic (exact) mass is 312 g/mol. The molecule has 2 bridgehead atoms. The topological polar surface area (TPSA) is 34.1 Å². The number of allylic oxidation sites excluding steroid dienone is 3. The zero-order chi connectivity index (χ0) is 14.7. The van der Waals surface area contributed by atoms with Crippen LogP contribution in [0, 0.1) is 5.92 Å². The summed E-state index contributed by atoms with van der Waals surface area (Å²) in [5.74, 6) is 2.41. The molecule has 0 aliphatic carbocycles. The smallest absolute Gasteiger partial charge is 0.113 e. The van der Waals surface area contributed by atoms with Gasteiger partial charge in [0.2, 0.25) is 0 Å².